The van der Waals surface area contributed by atoms with E-state index in [1.54, 1.807) is 4.90 Å². The highest BCUT2D eigenvalue weighted by molar-refractivity contribution is 5.79. The van der Waals surface area contributed by atoms with Gasteiger partial charge in [-0.2, -0.15) is 0 Å². The molecular weight excluding hydrogens is 208 g/mol. The molecule has 3 unspecified atom stereocenters. The number of carbonyl (C=O) groups is 1. The zero-order chi connectivity index (χ0) is 11.5. The molecule has 2 fully saturated rings. The number of morpholine rings is 1. The Balaban J connectivity index is 1.96. The van der Waals surface area contributed by atoms with E-state index < -0.39 is 0 Å². The van der Waals surface area contributed by atoms with E-state index in [-0.39, 0.29) is 30.5 Å². The van der Waals surface area contributed by atoms with Crippen LogP contribution in [0.2, 0.25) is 0 Å². The van der Waals surface area contributed by atoms with E-state index in [0.717, 1.165) is 19.3 Å². The van der Waals surface area contributed by atoms with Crippen LogP contribution >= 0.6 is 0 Å². The Morgan fingerprint density at radius 2 is 2.31 bits per heavy atom. The van der Waals surface area contributed by atoms with E-state index in [0.29, 0.717) is 19.8 Å². The standard InChI is InChI=1S/C11H20N2O3/c12-9-2-1-8(5-9)11(15)13-3-4-16-7-10(13)6-14/h8-10,14H,1-7,12H2. The van der Waals surface area contributed by atoms with Crippen LogP contribution < -0.4 is 5.73 Å². The molecular formula is C11H20N2O3. The van der Waals surface area contributed by atoms with Gasteiger partial charge in [0.05, 0.1) is 25.9 Å². The number of nitrogens with zero attached hydrogens (tertiary/aromatic N) is 1. The fraction of sp³-hybridized carbons (Fsp3) is 0.909. The van der Waals surface area contributed by atoms with Gasteiger partial charge in [0.25, 0.3) is 0 Å². The first-order valence-electron chi connectivity index (χ1n) is 5.97. The van der Waals surface area contributed by atoms with Crippen LogP contribution in [0.15, 0.2) is 0 Å². The Bertz CT molecular complexity index is 260. The molecule has 5 nitrogen and oxygen atoms in total. The molecule has 5 heteroatoms. The van der Waals surface area contributed by atoms with E-state index in [9.17, 15) is 9.90 Å². The molecule has 1 saturated carbocycles. The highest BCUT2D eigenvalue weighted by atomic mass is 16.5. The van der Waals surface area contributed by atoms with Crippen molar-refractivity contribution >= 4 is 5.91 Å². The molecule has 0 radical (unpaired) electrons. The summed E-state index contributed by atoms with van der Waals surface area (Å²) in [5.74, 6) is 0.206. The Hall–Kier alpha value is -0.650. The largest absolute Gasteiger partial charge is 0.394 e. The third-order valence-corrected chi connectivity index (χ3v) is 3.54. The van der Waals surface area contributed by atoms with Gasteiger partial charge < -0.3 is 20.5 Å². The van der Waals surface area contributed by atoms with Gasteiger partial charge in [-0.05, 0) is 19.3 Å². The summed E-state index contributed by atoms with van der Waals surface area (Å²) in [5.41, 5.74) is 5.81. The van der Waals surface area contributed by atoms with Crippen LogP contribution in [0.1, 0.15) is 19.3 Å². The van der Waals surface area contributed by atoms with Crippen LogP contribution in [-0.2, 0) is 9.53 Å². The van der Waals surface area contributed by atoms with Crippen LogP contribution in [0.25, 0.3) is 0 Å². The van der Waals surface area contributed by atoms with Crippen molar-refractivity contribution in [1.29, 1.82) is 0 Å². The van der Waals surface area contributed by atoms with Gasteiger partial charge in [0.2, 0.25) is 5.91 Å². The number of amides is 1. The van der Waals surface area contributed by atoms with Crippen molar-refractivity contribution < 1.29 is 14.6 Å². The second kappa shape index (κ2) is 5.12. The third kappa shape index (κ3) is 2.36. The smallest absolute Gasteiger partial charge is 0.226 e. The lowest BCUT2D eigenvalue weighted by atomic mass is 10.0. The zero-order valence-corrected chi connectivity index (χ0v) is 9.47. The lowest BCUT2D eigenvalue weighted by molar-refractivity contribution is -0.145. The summed E-state index contributed by atoms with van der Waals surface area (Å²) in [6.07, 6.45) is 2.61. The zero-order valence-electron chi connectivity index (χ0n) is 9.47. The van der Waals surface area contributed by atoms with Crippen LogP contribution in [0.4, 0.5) is 0 Å². The van der Waals surface area contributed by atoms with Gasteiger partial charge in [0, 0.05) is 18.5 Å². The molecule has 0 aromatic rings. The molecule has 3 atom stereocenters. The summed E-state index contributed by atoms with van der Waals surface area (Å²) in [6.45, 7) is 1.59. The first-order valence-corrected chi connectivity index (χ1v) is 5.97. The van der Waals surface area contributed by atoms with E-state index in [4.69, 9.17) is 10.5 Å². The van der Waals surface area contributed by atoms with Crippen molar-refractivity contribution in [2.45, 2.75) is 31.3 Å². The Kier molecular flexibility index (Phi) is 3.78. The number of hydrogen-bond acceptors (Lipinski definition) is 4. The predicted molar refractivity (Wildman–Crippen MR) is 58.7 cm³/mol. The van der Waals surface area contributed by atoms with Gasteiger partial charge in [-0.25, -0.2) is 0 Å². The average Bonchev–Trinajstić information content (AvgIpc) is 2.75. The number of nitrogens with two attached hydrogens (primary N) is 1. The van der Waals surface area contributed by atoms with Gasteiger partial charge >= 0.3 is 0 Å². The lowest BCUT2D eigenvalue weighted by Crippen LogP contribution is -2.52. The summed E-state index contributed by atoms with van der Waals surface area (Å²) in [4.78, 5) is 14.0. The van der Waals surface area contributed by atoms with Gasteiger partial charge in [0.15, 0.2) is 0 Å². The van der Waals surface area contributed by atoms with Crippen molar-refractivity contribution in [3.8, 4) is 0 Å². The summed E-state index contributed by atoms with van der Waals surface area (Å²) >= 11 is 0. The Labute approximate surface area is 95.5 Å². The first kappa shape index (κ1) is 11.8. The Morgan fingerprint density at radius 1 is 1.50 bits per heavy atom. The number of aliphatic hydroxyl groups is 1. The van der Waals surface area contributed by atoms with E-state index >= 15 is 0 Å². The number of hydrogen-bond donors (Lipinski definition) is 2. The molecule has 0 bridgehead atoms. The second-order valence-electron chi connectivity index (χ2n) is 4.71. The summed E-state index contributed by atoms with van der Waals surface area (Å²) in [7, 11) is 0. The van der Waals surface area contributed by atoms with Crippen LogP contribution in [0, 0.1) is 5.92 Å². The minimum Gasteiger partial charge on any atom is -0.394 e. The third-order valence-electron chi connectivity index (χ3n) is 3.54. The summed E-state index contributed by atoms with van der Waals surface area (Å²) in [5, 5.41) is 9.21. The molecule has 16 heavy (non-hydrogen) atoms. The molecule has 1 saturated heterocycles. The molecule has 0 spiro atoms. The number of ether oxygens (including phenoxy) is 1. The topological polar surface area (TPSA) is 75.8 Å². The summed E-state index contributed by atoms with van der Waals surface area (Å²) < 4.78 is 5.26. The van der Waals surface area contributed by atoms with Gasteiger partial charge in [-0.15, -0.1) is 0 Å². The molecule has 1 heterocycles. The normalized spacial score (nSPS) is 35.4. The Morgan fingerprint density at radius 3 is 2.94 bits per heavy atom. The maximum absolute atomic E-state index is 12.2. The minimum absolute atomic E-state index is 0.0233. The second-order valence-corrected chi connectivity index (χ2v) is 4.71. The molecule has 2 aliphatic rings. The van der Waals surface area contributed by atoms with Gasteiger partial charge in [0.1, 0.15) is 0 Å². The highest BCUT2D eigenvalue weighted by Crippen LogP contribution is 2.27. The van der Waals surface area contributed by atoms with Gasteiger partial charge in [-0.1, -0.05) is 0 Å². The maximum Gasteiger partial charge on any atom is 0.226 e. The number of carbonyl (C=O) groups excluding carboxylic acids is 1. The van der Waals surface area contributed by atoms with Crippen molar-refractivity contribution in [3.05, 3.63) is 0 Å². The molecule has 1 amide bonds. The van der Waals surface area contributed by atoms with Crippen LogP contribution in [0.3, 0.4) is 0 Å². The van der Waals surface area contributed by atoms with E-state index in [2.05, 4.69) is 0 Å². The minimum atomic E-state index is -0.168. The molecule has 1 aliphatic carbocycles. The maximum atomic E-state index is 12.2. The van der Waals surface area contributed by atoms with E-state index in [1.165, 1.54) is 0 Å². The van der Waals surface area contributed by atoms with Crippen molar-refractivity contribution in [2.75, 3.05) is 26.4 Å². The fourth-order valence-electron chi connectivity index (χ4n) is 2.57. The first-order chi connectivity index (χ1) is 7.72. The SMILES string of the molecule is NC1CCC(C(=O)N2CCOCC2CO)C1. The number of aliphatic hydroxyl groups excluding tert-OH is 1. The predicted octanol–water partition coefficient (Wildman–Crippen LogP) is -0.666. The monoisotopic (exact) mass is 228 g/mol. The molecule has 0 aromatic heterocycles. The molecule has 92 valence electrons. The van der Waals surface area contributed by atoms with Crippen molar-refractivity contribution in [3.63, 3.8) is 0 Å². The highest BCUT2D eigenvalue weighted by Gasteiger charge is 2.35. The van der Waals surface area contributed by atoms with Gasteiger partial charge in [-0.3, -0.25) is 4.79 Å². The lowest BCUT2D eigenvalue weighted by Gasteiger charge is -2.36. The van der Waals surface area contributed by atoms with Crippen molar-refractivity contribution in [1.82, 2.24) is 4.90 Å². The van der Waals surface area contributed by atoms with Crippen LogP contribution in [-0.4, -0.2) is 54.4 Å². The fourth-order valence-corrected chi connectivity index (χ4v) is 2.57. The average molecular weight is 228 g/mol. The van der Waals surface area contributed by atoms with Crippen molar-refractivity contribution in [2.24, 2.45) is 11.7 Å². The summed E-state index contributed by atoms with van der Waals surface area (Å²) in [6, 6.07) is 0.000594. The molecule has 3 N–H and O–H groups in total. The molecule has 1 aliphatic heterocycles. The number of rotatable bonds is 2. The quantitative estimate of drug-likeness (QED) is 0.657. The molecule has 2 rings (SSSR count). The van der Waals surface area contributed by atoms with E-state index in [1.807, 2.05) is 0 Å². The van der Waals surface area contributed by atoms with Crippen LogP contribution in [0.5, 0.6) is 0 Å². The molecule has 0 aromatic carbocycles.